The summed E-state index contributed by atoms with van der Waals surface area (Å²) in [5.41, 5.74) is 8.90. The fraction of sp³-hybridized carbons (Fsp3) is 0.133. The number of nitrogen functional groups attached to an aromatic ring is 1. The van der Waals surface area contributed by atoms with Crippen molar-refractivity contribution in [2.24, 2.45) is 0 Å². The summed E-state index contributed by atoms with van der Waals surface area (Å²) in [4.78, 5) is 1.90. The van der Waals surface area contributed by atoms with Gasteiger partial charge in [0.25, 0.3) is 0 Å². The van der Waals surface area contributed by atoms with E-state index in [0.29, 0.717) is 17.0 Å². The predicted octanol–water partition coefficient (Wildman–Crippen LogP) is 2.92. The molecule has 0 bridgehead atoms. The Hall–Kier alpha value is -2.67. The molecule has 0 saturated carbocycles. The number of hydrogen-bond donors (Lipinski definition) is 1. The van der Waals surface area contributed by atoms with Crippen molar-refractivity contribution in [2.45, 2.75) is 0 Å². The summed E-state index contributed by atoms with van der Waals surface area (Å²) in [7, 11) is 3.48. The van der Waals surface area contributed by atoms with E-state index < -0.39 is 0 Å². The quantitative estimate of drug-likeness (QED) is 0.854. The lowest BCUT2D eigenvalue weighted by molar-refractivity contribution is 0.415. The molecule has 0 unspecified atom stereocenters. The van der Waals surface area contributed by atoms with Gasteiger partial charge in [0.1, 0.15) is 11.8 Å². The van der Waals surface area contributed by atoms with Crippen molar-refractivity contribution in [3.05, 3.63) is 48.0 Å². The maximum Gasteiger partial charge on any atom is 0.121 e. The molecule has 0 fully saturated rings. The minimum Gasteiger partial charge on any atom is -0.497 e. The van der Waals surface area contributed by atoms with Crippen LogP contribution in [0.3, 0.4) is 0 Å². The molecule has 0 heterocycles. The Bertz CT molecular complexity index is 632. The Kier molecular flexibility index (Phi) is 3.58. The summed E-state index contributed by atoms with van der Waals surface area (Å²) in [5.74, 6) is 0.711. The van der Waals surface area contributed by atoms with E-state index in [1.165, 1.54) is 0 Å². The zero-order valence-corrected chi connectivity index (χ0v) is 10.9. The third kappa shape index (κ3) is 2.45. The van der Waals surface area contributed by atoms with E-state index in [1.54, 1.807) is 19.2 Å². The van der Waals surface area contributed by atoms with E-state index in [9.17, 15) is 0 Å². The number of benzene rings is 2. The van der Waals surface area contributed by atoms with Crippen molar-refractivity contribution in [3.63, 3.8) is 0 Å². The summed E-state index contributed by atoms with van der Waals surface area (Å²) >= 11 is 0. The molecule has 2 aromatic carbocycles. The van der Waals surface area contributed by atoms with Gasteiger partial charge in [-0.25, -0.2) is 0 Å². The molecule has 0 spiro atoms. The van der Waals surface area contributed by atoms with Crippen LogP contribution < -0.4 is 15.4 Å². The van der Waals surface area contributed by atoms with E-state index in [0.717, 1.165) is 11.4 Å². The van der Waals surface area contributed by atoms with Crippen molar-refractivity contribution < 1.29 is 4.74 Å². The van der Waals surface area contributed by atoms with Crippen LogP contribution in [0.25, 0.3) is 0 Å². The van der Waals surface area contributed by atoms with E-state index in [1.807, 2.05) is 42.3 Å². The average molecular weight is 253 g/mol. The monoisotopic (exact) mass is 253 g/mol. The number of nitrogens with two attached hydrogens (primary N) is 1. The smallest absolute Gasteiger partial charge is 0.121 e. The van der Waals surface area contributed by atoms with Crippen LogP contribution in [0.2, 0.25) is 0 Å². The van der Waals surface area contributed by atoms with Gasteiger partial charge in [-0.1, -0.05) is 12.1 Å². The van der Waals surface area contributed by atoms with Crippen LogP contribution in [0.5, 0.6) is 5.75 Å². The molecule has 4 nitrogen and oxygen atoms in total. The van der Waals surface area contributed by atoms with Crippen LogP contribution in [-0.2, 0) is 0 Å². The molecule has 2 rings (SSSR count). The maximum atomic E-state index is 9.14. The zero-order valence-electron chi connectivity index (χ0n) is 10.9. The molecule has 2 aromatic rings. The molecule has 0 amide bonds. The number of nitrogens with zero attached hydrogens (tertiary/aromatic N) is 2. The number of para-hydroxylation sites is 1. The SMILES string of the molecule is COc1ccc(N(C)c2ccccc2C#N)c(N)c1. The van der Waals surface area contributed by atoms with Gasteiger partial charge in [0, 0.05) is 13.1 Å². The van der Waals surface area contributed by atoms with E-state index in [4.69, 9.17) is 15.7 Å². The molecule has 0 aliphatic rings. The number of methoxy groups -OCH3 is 1. The highest BCUT2D eigenvalue weighted by Crippen LogP contribution is 2.33. The Morgan fingerprint density at radius 1 is 1.16 bits per heavy atom. The highest BCUT2D eigenvalue weighted by molar-refractivity contribution is 5.77. The molecule has 2 N–H and O–H groups in total. The lowest BCUT2D eigenvalue weighted by Crippen LogP contribution is -2.13. The van der Waals surface area contributed by atoms with Crippen molar-refractivity contribution in [2.75, 3.05) is 24.8 Å². The van der Waals surface area contributed by atoms with E-state index in [2.05, 4.69) is 6.07 Å². The first-order chi connectivity index (χ1) is 9.17. The molecule has 0 aromatic heterocycles. The summed E-state index contributed by atoms with van der Waals surface area (Å²) < 4.78 is 5.13. The summed E-state index contributed by atoms with van der Waals surface area (Å²) in [5, 5.41) is 9.14. The Morgan fingerprint density at radius 3 is 2.53 bits per heavy atom. The highest BCUT2D eigenvalue weighted by Gasteiger charge is 2.11. The van der Waals surface area contributed by atoms with Gasteiger partial charge in [0.15, 0.2) is 0 Å². The third-order valence-corrected chi connectivity index (χ3v) is 2.98. The predicted molar refractivity (Wildman–Crippen MR) is 76.6 cm³/mol. The number of ether oxygens (including phenoxy) is 1. The fourth-order valence-corrected chi connectivity index (χ4v) is 1.96. The topological polar surface area (TPSA) is 62.3 Å². The second-order valence-corrected chi connectivity index (χ2v) is 4.11. The Labute approximate surface area is 112 Å². The van der Waals surface area contributed by atoms with Gasteiger partial charge < -0.3 is 15.4 Å². The zero-order chi connectivity index (χ0) is 13.8. The van der Waals surface area contributed by atoms with Gasteiger partial charge in [0.2, 0.25) is 0 Å². The second-order valence-electron chi connectivity index (χ2n) is 4.11. The summed E-state index contributed by atoms with van der Waals surface area (Å²) in [6.07, 6.45) is 0. The molecule has 4 heteroatoms. The van der Waals surface area contributed by atoms with Gasteiger partial charge in [-0.15, -0.1) is 0 Å². The minimum absolute atomic E-state index is 0.606. The van der Waals surface area contributed by atoms with Crippen molar-refractivity contribution >= 4 is 17.1 Å². The normalized spacial score (nSPS) is 9.74. The number of nitriles is 1. The first-order valence-corrected chi connectivity index (χ1v) is 5.83. The standard InChI is InChI=1S/C15H15N3O/c1-18(14-6-4-3-5-11(14)10-16)15-8-7-12(19-2)9-13(15)17/h3-9H,17H2,1-2H3. The number of rotatable bonds is 3. The second kappa shape index (κ2) is 5.32. The van der Waals surface area contributed by atoms with Crippen LogP contribution in [0.4, 0.5) is 17.1 Å². The molecule has 19 heavy (non-hydrogen) atoms. The number of anilines is 3. The molecule has 0 radical (unpaired) electrons. The van der Waals surface area contributed by atoms with Crippen molar-refractivity contribution in [1.82, 2.24) is 0 Å². The highest BCUT2D eigenvalue weighted by atomic mass is 16.5. The first kappa shape index (κ1) is 12.8. The Morgan fingerprint density at radius 2 is 1.89 bits per heavy atom. The molecule has 0 atom stereocenters. The first-order valence-electron chi connectivity index (χ1n) is 5.83. The van der Waals surface area contributed by atoms with Crippen LogP contribution in [0, 0.1) is 11.3 Å². The molecular formula is C15H15N3O. The number of hydrogen-bond acceptors (Lipinski definition) is 4. The van der Waals surface area contributed by atoms with Gasteiger partial charge in [-0.2, -0.15) is 5.26 Å². The van der Waals surface area contributed by atoms with E-state index >= 15 is 0 Å². The van der Waals surface area contributed by atoms with Gasteiger partial charge in [-0.3, -0.25) is 0 Å². The van der Waals surface area contributed by atoms with Crippen molar-refractivity contribution in [3.8, 4) is 11.8 Å². The molecule has 0 aliphatic heterocycles. The third-order valence-electron chi connectivity index (χ3n) is 2.98. The average Bonchev–Trinajstić information content (AvgIpc) is 2.46. The van der Waals surface area contributed by atoms with Gasteiger partial charge in [0.05, 0.1) is 29.7 Å². The maximum absolute atomic E-state index is 9.14. The summed E-state index contributed by atoms with van der Waals surface area (Å²) in [6, 6.07) is 15.1. The van der Waals surface area contributed by atoms with Crippen LogP contribution in [0.15, 0.2) is 42.5 Å². The van der Waals surface area contributed by atoms with Crippen molar-refractivity contribution in [1.29, 1.82) is 5.26 Å². The van der Waals surface area contributed by atoms with E-state index in [-0.39, 0.29) is 0 Å². The molecule has 0 saturated heterocycles. The van der Waals surface area contributed by atoms with Crippen LogP contribution >= 0.6 is 0 Å². The fourth-order valence-electron chi connectivity index (χ4n) is 1.96. The van der Waals surface area contributed by atoms with Gasteiger partial charge in [-0.05, 0) is 24.3 Å². The van der Waals surface area contributed by atoms with Gasteiger partial charge >= 0.3 is 0 Å². The minimum atomic E-state index is 0.606. The van der Waals surface area contributed by atoms with Crippen LogP contribution in [0.1, 0.15) is 5.56 Å². The summed E-state index contributed by atoms with van der Waals surface area (Å²) in [6.45, 7) is 0. The molecular weight excluding hydrogens is 238 g/mol. The Balaban J connectivity index is 2.45. The molecule has 0 aliphatic carbocycles. The lowest BCUT2D eigenvalue weighted by Gasteiger charge is -2.22. The largest absolute Gasteiger partial charge is 0.497 e. The lowest BCUT2D eigenvalue weighted by atomic mass is 10.1. The van der Waals surface area contributed by atoms with Crippen LogP contribution in [-0.4, -0.2) is 14.2 Å². The molecule has 96 valence electrons.